The molecule has 1 atom stereocenters. The molecule has 1 saturated heterocycles. The van der Waals surface area contributed by atoms with Gasteiger partial charge >= 0.3 is 0 Å². The van der Waals surface area contributed by atoms with Gasteiger partial charge in [-0.15, -0.1) is 0 Å². The second kappa shape index (κ2) is 7.68. The largest absolute Gasteiger partial charge is 0.484 e. The molecule has 0 aromatic heterocycles. The molecule has 1 aliphatic heterocycles. The van der Waals surface area contributed by atoms with Crippen molar-refractivity contribution in [2.45, 2.75) is 31.3 Å². The Bertz CT molecular complexity index is 611. The van der Waals surface area contributed by atoms with Gasteiger partial charge in [-0.1, -0.05) is 61.4 Å². The van der Waals surface area contributed by atoms with Crippen LogP contribution >= 0.6 is 0 Å². The minimum atomic E-state index is -0.939. The van der Waals surface area contributed by atoms with Gasteiger partial charge in [0.05, 0.1) is 5.76 Å². The van der Waals surface area contributed by atoms with E-state index in [4.69, 9.17) is 19.8 Å². The summed E-state index contributed by atoms with van der Waals surface area (Å²) in [6.45, 7) is 4.58. The van der Waals surface area contributed by atoms with Crippen molar-refractivity contribution in [3.63, 3.8) is 0 Å². The summed E-state index contributed by atoms with van der Waals surface area (Å²) < 4.78 is 6.12. The monoisotopic (exact) mass is 348 g/mol. The van der Waals surface area contributed by atoms with Gasteiger partial charge in [-0.25, -0.2) is 14.7 Å². The highest BCUT2D eigenvalue weighted by Gasteiger charge is 2.41. The zero-order valence-corrected chi connectivity index (χ0v) is 14.5. The molecule has 6 heteroatoms. The minimum absolute atomic E-state index is 0.0516. The van der Waals surface area contributed by atoms with Crippen molar-refractivity contribution >= 4 is 0 Å². The van der Waals surface area contributed by atoms with Crippen LogP contribution in [0.1, 0.15) is 25.8 Å². The van der Waals surface area contributed by atoms with Crippen molar-refractivity contribution in [1.82, 2.24) is 0 Å². The van der Waals surface area contributed by atoms with E-state index in [1.165, 1.54) is 5.56 Å². The van der Waals surface area contributed by atoms with E-state index < -0.39 is 5.60 Å². The molecule has 0 spiro atoms. The maximum absolute atomic E-state index is 8.88. The molecule has 136 valence electrons. The topological polar surface area (TPSA) is 66.4 Å². The maximum atomic E-state index is 8.88. The SMILES string of the molecule is CC(C)(c1ccccc1)C1C=CC=C(OC2(COO)COOOC2)C1. The average Bonchev–Trinajstić information content (AvgIpc) is 2.63. The van der Waals surface area contributed by atoms with Crippen molar-refractivity contribution in [3.8, 4) is 0 Å². The molecular weight excluding hydrogens is 324 g/mol. The van der Waals surface area contributed by atoms with E-state index in [2.05, 4.69) is 54.1 Å². The van der Waals surface area contributed by atoms with Crippen LogP contribution in [0.2, 0.25) is 0 Å². The van der Waals surface area contributed by atoms with Crippen molar-refractivity contribution < 1.29 is 29.7 Å². The average molecular weight is 348 g/mol. The summed E-state index contributed by atoms with van der Waals surface area (Å²) in [5, 5.41) is 13.3. The molecule has 0 bridgehead atoms. The van der Waals surface area contributed by atoms with Crippen LogP contribution in [-0.2, 0) is 29.9 Å². The second-order valence-corrected chi connectivity index (χ2v) is 7.07. The van der Waals surface area contributed by atoms with E-state index in [0.29, 0.717) is 0 Å². The number of hydrogen-bond donors (Lipinski definition) is 1. The number of hydrogen-bond acceptors (Lipinski definition) is 6. The Morgan fingerprint density at radius 2 is 1.92 bits per heavy atom. The van der Waals surface area contributed by atoms with E-state index in [1.54, 1.807) is 0 Å². The number of rotatable bonds is 6. The van der Waals surface area contributed by atoms with Crippen LogP contribution in [0.5, 0.6) is 0 Å². The molecule has 1 N–H and O–H groups in total. The first-order valence-corrected chi connectivity index (χ1v) is 8.35. The molecule has 25 heavy (non-hydrogen) atoms. The molecule has 0 amide bonds. The van der Waals surface area contributed by atoms with Crippen LogP contribution in [0.15, 0.2) is 54.3 Å². The fraction of sp³-hybridized carbons (Fsp3) is 0.474. The third kappa shape index (κ3) is 4.11. The first kappa shape index (κ1) is 18.1. The van der Waals surface area contributed by atoms with Crippen LogP contribution in [0.25, 0.3) is 0 Å². The molecule has 1 aliphatic carbocycles. The molecule has 6 nitrogen and oxygen atoms in total. The summed E-state index contributed by atoms with van der Waals surface area (Å²) >= 11 is 0. The lowest BCUT2D eigenvalue weighted by atomic mass is 9.70. The van der Waals surface area contributed by atoms with Gasteiger partial charge in [-0.3, -0.25) is 5.26 Å². The van der Waals surface area contributed by atoms with Gasteiger partial charge in [0.25, 0.3) is 0 Å². The quantitative estimate of drug-likeness (QED) is 0.626. The fourth-order valence-corrected chi connectivity index (χ4v) is 3.21. The first-order chi connectivity index (χ1) is 12.1. The Labute approximate surface area is 147 Å². The van der Waals surface area contributed by atoms with Gasteiger partial charge in [0, 0.05) is 6.42 Å². The van der Waals surface area contributed by atoms with Crippen LogP contribution in [0.4, 0.5) is 0 Å². The first-order valence-electron chi connectivity index (χ1n) is 8.35. The van der Waals surface area contributed by atoms with Gasteiger partial charge in [0.15, 0.2) is 5.60 Å². The molecule has 1 aromatic rings. The standard InChI is InChI=1S/C19H24O6/c1-18(2,15-7-4-3-5-8-15)16-9-6-10-17(11-16)24-19(12-21-20)13-22-25-23-14-19/h3-10,16,20H,11-14H2,1-2H3. The molecule has 1 aromatic carbocycles. The summed E-state index contributed by atoms with van der Waals surface area (Å²) in [6.07, 6.45) is 6.85. The summed E-state index contributed by atoms with van der Waals surface area (Å²) in [5.41, 5.74) is 0.284. The zero-order chi connectivity index (χ0) is 17.8. The summed E-state index contributed by atoms with van der Waals surface area (Å²) in [6, 6.07) is 10.4. The van der Waals surface area contributed by atoms with Crippen molar-refractivity contribution in [3.05, 3.63) is 59.9 Å². The fourth-order valence-electron chi connectivity index (χ4n) is 3.21. The van der Waals surface area contributed by atoms with Gasteiger partial charge in [-0.2, -0.15) is 0 Å². The van der Waals surface area contributed by atoms with Gasteiger partial charge in [0.1, 0.15) is 19.8 Å². The van der Waals surface area contributed by atoms with E-state index in [1.807, 2.05) is 18.2 Å². The zero-order valence-electron chi connectivity index (χ0n) is 14.5. The van der Waals surface area contributed by atoms with Crippen molar-refractivity contribution in [2.75, 3.05) is 19.8 Å². The molecule has 0 saturated carbocycles. The Balaban J connectivity index is 1.73. The molecule has 1 unspecified atom stereocenters. The predicted octanol–water partition coefficient (Wildman–Crippen LogP) is 3.56. The van der Waals surface area contributed by atoms with E-state index in [-0.39, 0.29) is 31.2 Å². The van der Waals surface area contributed by atoms with Gasteiger partial charge < -0.3 is 4.74 Å². The van der Waals surface area contributed by atoms with Crippen LogP contribution < -0.4 is 0 Å². The molecule has 3 rings (SSSR count). The Morgan fingerprint density at radius 1 is 1.20 bits per heavy atom. The van der Waals surface area contributed by atoms with Crippen molar-refractivity contribution in [2.24, 2.45) is 5.92 Å². The Kier molecular flexibility index (Phi) is 5.56. The highest BCUT2D eigenvalue weighted by molar-refractivity contribution is 5.29. The predicted molar refractivity (Wildman–Crippen MR) is 90.2 cm³/mol. The summed E-state index contributed by atoms with van der Waals surface area (Å²) in [4.78, 5) is 14.0. The third-order valence-corrected chi connectivity index (χ3v) is 4.91. The highest BCUT2D eigenvalue weighted by Crippen LogP contribution is 2.39. The summed E-state index contributed by atoms with van der Waals surface area (Å²) in [5.74, 6) is 1.06. The number of benzene rings is 1. The molecule has 2 aliphatic rings. The second-order valence-electron chi connectivity index (χ2n) is 7.07. The third-order valence-electron chi connectivity index (χ3n) is 4.91. The van der Waals surface area contributed by atoms with E-state index in [9.17, 15) is 0 Å². The van der Waals surface area contributed by atoms with Gasteiger partial charge in [0.2, 0.25) is 0 Å². The highest BCUT2D eigenvalue weighted by atomic mass is 17.5. The van der Waals surface area contributed by atoms with Crippen LogP contribution in [0, 0.1) is 5.92 Å². The van der Waals surface area contributed by atoms with E-state index >= 15 is 0 Å². The van der Waals surface area contributed by atoms with E-state index in [0.717, 1.165) is 12.2 Å². The van der Waals surface area contributed by atoms with Gasteiger partial charge in [-0.05, 0) is 23.0 Å². The number of ether oxygens (including phenoxy) is 1. The lowest BCUT2D eigenvalue weighted by molar-refractivity contribution is -0.556. The van der Waals surface area contributed by atoms with Crippen LogP contribution in [-0.4, -0.2) is 30.7 Å². The smallest absolute Gasteiger partial charge is 0.187 e. The molecule has 1 fully saturated rings. The molecule has 1 heterocycles. The maximum Gasteiger partial charge on any atom is 0.187 e. The Hall–Kier alpha value is -1.70. The molecule has 0 radical (unpaired) electrons. The lowest BCUT2D eigenvalue weighted by Crippen LogP contribution is -2.49. The lowest BCUT2D eigenvalue weighted by Gasteiger charge is -2.39. The molecular formula is C19H24O6. The minimum Gasteiger partial charge on any atom is -0.484 e. The number of allylic oxidation sites excluding steroid dienone is 4. The summed E-state index contributed by atoms with van der Waals surface area (Å²) in [7, 11) is 0. The van der Waals surface area contributed by atoms with Crippen LogP contribution in [0.3, 0.4) is 0 Å². The Morgan fingerprint density at radius 3 is 2.60 bits per heavy atom. The van der Waals surface area contributed by atoms with Crippen molar-refractivity contribution in [1.29, 1.82) is 0 Å². The normalized spacial score (nSPS) is 23.2.